The van der Waals surface area contributed by atoms with Crippen LogP contribution in [0.3, 0.4) is 0 Å². The first kappa shape index (κ1) is 27.7. The molecule has 3 heterocycles. The van der Waals surface area contributed by atoms with Crippen molar-refractivity contribution < 1.29 is 36.7 Å². The van der Waals surface area contributed by atoms with Crippen LogP contribution in [0.15, 0.2) is 48.7 Å². The zero-order valence-electron chi connectivity index (χ0n) is 21.5. The average molecular weight is 571 g/mol. The lowest BCUT2D eigenvalue weighted by molar-refractivity contribution is -0.141. The molecule has 2 aromatic heterocycles. The van der Waals surface area contributed by atoms with E-state index in [0.717, 1.165) is 10.6 Å². The summed E-state index contributed by atoms with van der Waals surface area (Å²) >= 11 is 0. The standard InChI is InChI=1S/C27H22F4N6O4/c1-2-17-22(18-7-6-16(11-19(18)28)36-8-9-41-13-21(36)38)35-37-12-20(27(29,30)31)34-23(24(17)37)26(40)33-15-5-3-4-14(10-15)25(32)39/h3-7,10-12H,2,8-9,13H2,1H3,(H2,32,39)(H,33,40). The molecule has 0 aliphatic carbocycles. The highest BCUT2D eigenvalue weighted by Gasteiger charge is 2.36. The minimum absolute atomic E-state index is 0.00996. The highest BCUT2D eigenvalue weighted by molar-refractivity contribution is 6.09. The summed E-state index contributed by atoms with van der Waals surface area (Å²) in [5.41, 5.74) is 3.95. The smallest absolute Gasteiger partial charge is 0.370 e. The van der Waals surface area contributed by atoms with Crippen molar-refractivity contribution in [1.82, 2.24) is 14.6 Å². The normalized spacial score (nSPS) is 14.0. The summed E-state index contributed by atoms with van der Waals surface area (Å²) in [6.07, 6.45) is -4.14. The number of primary amides is 1. The fourth-order valence-corrected chi connectivity index (χ4v) is 4.57. The Morgan fingerprint density at radius 1 is 1.17 bits per heavy atom. The third kappa shape index (κ3) is 5.33. The van der Waals surface area contributed by atoms with Gasteiger partial charge in [0.05, 0.1) is 18.5 Å². The number of anilines is 2. The molecule has 0 bridgehead atoms. The number of carbonyl (C=O) groups is 3. The SMILES string of the molecule is CCc1c(-c2ccc(N3CCOCC3=O)cc2F)nn2cc(C(F)(F)F)nc(C(=O)Nc3cccc(C(N)=O)c3)c12. The van der Waals surface area contributed by atoms with Crippen molar-refractivity contribution in [3.8, 4) is 11.3 Å². The molecule has 14 heteroatoms. The first-order valence-corrected chi connectivity index (χ1v) is 12.4. The molecule has 0 atom stereocenters. The highest BCUT2D eigenvalue weighted by Crippen LogP contribution is 2.35. The van der Waals surface area contributed by atoms with Crippen molar-refractivity contribution in [3.05, 3.63) is 77.0 Å². The van der Waals surface area contributed by atoms with Crippen LogP contribution in [0.2, 0.25) is 0 Å². The van der Waals surface area contributed by atoms with Gasteiger partial charge in [-0.25, -0.2) is 13.9 Å². The summed E-state index contributed by atoms with van der Waals surface area (Å²) in [7, 11) is 0. The molecule has 1 aliphatic rings. The Morgan fingerprint density at radius 2 is 1.95 bits per heavy atom. The second-order valence-corrected chi connectivity index (χ2v) is 9.11. The van der Waals surface area contributed by atoms with E-state index in [1.807, 2.05) is 0 Å². The van der Waals surface area contributed by atoms with Gasteiger partial charge >= 0.3 is 6.18 Å². The Hall–Kier alpha value is -4.85. The largest absolute Gasteiger partial charge is 0.434 e. The van der Waals surface area contributed by atoms with Gasteiger partial charge in [-0.3, -0.25) is 14.4 Å². The van der Waals surface area contributed by atoms with E-state index in [9.17, 15) is 27.6 Å². The Balaban J connectivity index is 1.63. The highest BCUT2D eigenvalue weighted by atomic mass is 19.4. The van der Waals surface area contributed by atoms with Crippen molar-refractivity contribution in [2.24, 2.45) is 5.73 Å². The van der Waals surface area contributed by atoms with Gasteiger partial charge in [-0.2, -0.15) is 18.3 Å². The summed E-state index contributed by atoms with van der Waals surface area (Å²) < 4.78 is 62.7. The molecule has 2 aromatic carbocycles. The lowest BCUT2D eigenvalue weighted by atomic mass is 10.0. The van der Waals surface area contributed by atoms with Gasteiger partial charge in [-0.15, -0.1) is 0 Å². The first-order valence-electron chi connectivity index (χ1n) is 12.4. The number of aromatic nitrogens is 3. The third-order valence-corrected chi connectivity index (χ3v) is 6.48. The Bertz CT molecular complexity index is 1700. The van der Waals surface area contributed by atoms with Gasteiger partial charge in [-0.05, 0) is 42.8 Å². The number of rotatable bonds is 6. The Kier molecular flexibility index (Phi) is 7.17. The van der Waals surface area contributed by atoms with E-state index < -0.39 is 35.2 Å². The number of fused-ring (bicyclic) bond motifs is 1. The average Bonchev–Trinajstić information content (AvgIpc) is 3.30. The third-order valence-electron chi connectivity index (χ3n) is 6.48. The monoisotopic (exact) mass is 570 g/mol. The minimum atomic E-state index is -4.93. The zero-order chi connectivity index (χ0) is 29.5. The molecule has 212 valence electrons. The number of morpholine rings is 1. The van der Waals surface area contributed by atoms with E-state index in [2.05, 4.69) is 15.4 Å². The summed E-state index contributed by atoms with van der Waals surface area (Å²) in [4.78, 5) is 42.0. The maximum Gasteiger partial charge on any atom is 0.434 e. The number of nitrogens with one attached hydrogen (secondary N) is 1. The van der Waals surface area contributed by atoms with Gasteiger partial charge < -0.3 is 20.7 Å². The molecule has 1 aliphatic heterocycles. The molecule has 0 radical (unpaired) electrons. The van der Waals surface area contributed by atoms with Gasteiger partial charge in [0.15, 0.2) is 11.4 Å². The molecule has 3 amide bonds. The lowest BCUT2D eigenvalue weighted by Gasteiger charge is -2.27. The summed E-state index contributed by atoms with van der Waals surface area (Å²) in [6.45, 7) is 2.06. The van der Waals surface area contributed by atoms with E-state index in [-0.39, 0.29) is 65.7 Å². The number of benzene rings is 2. The van der Waals surface area contributed by atoms with Crippen LogP contribution < -0.4 is 16.0 Å². The van der Waals surface area contributed by atoms with E-state index in [1.165, 1.54) is 41.3 Å². The molecule has 10 nitrogen and oxygen atoms in total. The molecule has 41 heavy (non-hydrogen) atoms. The number of nitrogens with zero attached hydrogens (tertiary/aromatic N) is 4. The van der Waals surface area contributed by atoms with Gasteiger partial charge in [0.1, 0.15) is 17.9 Å². The summed E-state index contributed by atoms with van der Waals surface area (Å²) in [6, 6.07) is 9.56. The minimum Gasteiger partial charge on any atom is -0.370 e. The lowest BCUT2D eigenvalue weighted by Crippen LogP contribution is -2.41. The van der Waals surface area contributed by atoms with Crippen molar-refractivity contribution in [2.45, 2.75) is 19.5 Å². The number of carbonyl (C=O) groups excluding carboxylic acids is 3. The van der Waals surface area contributed by atoms with E-state index in [1.54, 1.807) is 6.92 Å². The zero-order valence-corrected chi connectivity index (χ0v) is 21.5. The van der Waals surface area contributed by atoms with Gasteiger partial charge in [0, 0.05) is 34.6 Å². The second-order valence-electron chi connectivity index (χ2n) is 9.11. The number of amides is 3. The van der Waals surface area contributed by atoms with Crippen LogP contribution >= 0.6 is 0 Å². The molecular weight excluding hydrogens is 548 g/mol. The number of aryl methyl sites for hydroxylation is 1. The van der Waals surface area contributed by atoms with Crippen molar-refractivity contribution in [1.29, 1.82) is 0 Å². The molecule has 0 saturated carbocycles. The Labute approximate surface area is 229 Å². The summed E-state index contributed by atoms with van der Waals surface area (Å²) in [5.74, 6) is -2.88. The fourth-order valence-electron chi connectivity index (χ4n) is 4.57. The van der Waals surface area contributed by atoms with Crippen molar-refractivity contribution >= 4 is 34.6 Å². The van der Waals surface area contributed by atoms with Crippen LogP contribution in [-0.4, -0.2) is 52.1 Å². The number of halogens is 4. The van der Waals surface area contributed by atoms with E-state index in [4.69, 9.17) is 10.5 Å². The maximum absolute atomic E-state index is 15.4. The van der Waals surface area contributed by atoms with Crippen LogP contribution in [0.1, 0.15) is 39.0 Å². The number of nitrogens with two attached hydrogens (primary N) is 1. The molecule has 0 spiro atoms. The van der Waals surface area contributed by atoms with Crippen LogP contribution in [0.5, 0.6) is 0 Å². The predicted octanol–water partition coefficient (Wildman–Crippen LogP) is 3.83. The molecule has 4 aromatic rings. The molecule has 1 saturated heterocycles. The van der Waals surface area contributed by atoms with Crippen LogP contribution in [0, 0.1) is 5.82 Å². The predicted molar refractivity (Wildman–Crippen MR) is 139 cm³/mol. The first-order chi connectivity index (χ1) is 19.5. The van der Waals surface area contributed by atoms with Crippen LogP contribution in [0.25, 0.3) is 16.8 Å². The van der Waals surface area contributed by atoms with Crippen LogP contribution in [-0.2, 0) is 22.1 Å². The van der Waals surface area contributed by atoms with Gasteiger partial charge in [-0.1, -0.05) is 13.0 Å². The maximum atomic E-state index is 15.4. The number of ether oxygens (including phenoxy) is 1. The molecule has 3 N–H and O–H groups in total. The van der Waals surface area contributed by atoms with Gasteiger partial charge in [0.2, 0.25) is 5.91 Å². The molecule has 1 fully saturated rings. The van der Waals surface area contributed by atoms with E-state index in [0.29, 0.717) is 11.9 Å². The molecule has 0 unspecified atom stereocenters. The Morgan fingerprint density at radius 3 is 2.61 bits per heavy atom. The number of hydrogen-bond donors (Lipinski definition) is 2. The second kappa shape index (κ2) is 10.6. The molecule has 5 rings (SSSR count). The number of hydrogen-bond acceptors (Lipinski definition) is 6. The van der Waals surface area contributed by atoms with Gasteiger partial charge in [0.25, 0.3) is 11.8 Å². The van der Waals surface area contributed by atoms with Crippen molar-refractivity contribution in [2.75, 3.05) is 30.0 Å². The van der Waals surface area contributed by atoms with E-state index >= 15 is 4.39 Å². The number of alkyl halides is 3. The van der Waals surface area contributed by atoms with Crippen molar-refractivity contribution in [3.63, 3.8) is 0 Å². The molecular formula is C27H22F4N6O4. The topological polar surface area (TPSA) is 132 Å². The van der Waals surface area contributed by atoms with Crippen LogP contribution in [0.4, 0.5) is 28.9 Å². The summed E-state index contributed by atoms with van der Waals surface area (Å²) in [5, 5.41) is 6.67. The fraction of sp³-hybridized carbons (Fsp3) is 0.222. The quantitative estimate of drug-likeness (QED) is 0.339.